The number of rotatable bonds is 6. The third-order valence-corrected chi connectivity index (χ3v) is 3.68. The minimum atomic E-state index is -0.173. The number of benzene rings is 1. The maximum absolute atomic E-state index is 12.8. The number of aryl methyl sites for hydroxylation is 1. The zero-order chi connectivity index (χ0) is 15.2. The van der Waals surface area contributed by atoms with Crippen LogP contribution in [0.4, 0.5) is 0 Å². The predicted octanol–water partition coefficient (Wildman–Crippen LogP) is 3.53. The van der Waals surface area contributed by atoms with Crippen molar-refractivity contribution in [1.29, 1.82) is 0 Å². The van der Waals surface area contributed by atoms with Crippen LogP contribution in [-0.4, -0.2) is 9.55 Å². The molecule has 0 fully saturated rings. The Labute approximate surface area is 126 Å². The summed E-state index contributed by atoms with van der Waals surface area (Å²) in [5.74, 6) is 0. The van der Waals surface area contributed by atoms with Gasteiger partial charge in [-0.1, -0.05) is 56.7 Å². The van der Waals surface area contributed by atoms with Crippen molar-refractivity contribution in [3.05, 3.63) is 76.5 Å². The largest absolute Gasteiger partial charge is 0.288 e. The number of hydrogen-bond acceptors (Lipinski definition) is 2. The van der Waals surface area contributed by atoms with Crippen LogP contribution in [0.5, 0.6) is 0 Å². The summed E-state index contributed by atoms with van der Waals surface area (Å²) in [6, 6.07) is 9.74. The number of nitrogens with zero attached hydrogens (tertiary/aromatic N) is 2. The zero-order valence-corrected chi connectivity index (χ0v) is 12.7. The van der Waals surface area contributed by atoms with Gasteiger partial charge in [0, 0.05) is 5.56 Å². The van der Waals surface area contributed by atoms with E-state index in [1.54, 1.807) is 17.0 Å². The number of allylic oxidation sites excluding steroid dienone is 1. The molecular formula is C18H22N2O. The molecule has 21 heavy (non-hydrogen) atoms. The molecule has 0 aliphatic rings. The normalized spacial score (nSPS) is 12.1. The molecule has 0 aliphatic carbocycles. The van der Waals surface area contributed by atoms with Crippen LogP contribution in [0.1, 0.15) is 43.1 Å². The number of aromatic nitrogens is 2. The van der Waals surface area contributed by atoms with Crippen molar-refractivity contribution in [2.24, 2.45) is 0 Å². The van der Waals surface area contributed by atoms with E-state index in [0.717, 1.165) is 36.1 Å². The van der Waals surface area contributed by atoms with Crippen LogP contribution < -0.4 is 5.56 Å². The van der Waals surface area contributed by atoms with E-state index in [1.807, 2.05) is 37.3 Å². The van der Waals surface area contributed by atoms with Crippen molar-refractivity contribution in [3.63, 3.8) is 0 Å². The van der Waals surface area contributed by atoms with Crippen molar-refractivity contribution >= 4 is 0 Å². The first-order chi connectivity index (χ1) is 10.2. The molecule has 0 N–H and O–H groups in total. The fraction of sp³-hybridized carbons (Fsp3) is 0.333. The monoisotopic (exact) mass is 282 g/mol. The molecule has 0 radical (unpaired) electrons. The lowest BCUT2D eigenvalue weighted by Crippen LogP contribution is -2.29. The van der Waals surface area contributed by atoms with Crippen LogP contribution in [0, 0.1) is 0 Å². The molecule has 110 valence electrons. The van der Waals surface area contributed by atoms with Gasteiger partial charge < -0.3 is 0 Å². The molecule has 2 aromatic rings. The molecule has 0 bridgehead atoms. The highest BCUT2D eigenvalue weighted by Crippen LogP contribution is 2.18. The predicted molar refractivity (Wildman–Crippen MR) is 86.6 cm³/mol. The highest BCUT2D eigenvalue weighted by Gasteiger charge is 2.15. The lowest BCUT2D eigenvalue weighted by molar-refractivity contribution is 0.634. The second-order valence-corrected chi connectivity index (χ2v) is 5.08. The Morgan fingerprint density at radius 1 is 1.29 bits per heavy atom. The average Bonchev–Trinajstić information content (AvgIpc) is 2.53. The Morgan fingerprint density at radius 3 is 2.57 bits per heavy atom. The smallest absolute Gasteiger partial charge is 0.257 e. The first-order valence-corrected chi connectivity index (χ1v) is 7.49. The zero-order valence-electron chi connectivity index (χ0n) is 12.7. The summed E-state index contributed by atoms with van der Waals surface area (Å²) in [5, 5.41) is 0. The first kappa shape index (κ1) is 15.2. The summed E-state index contributed by atoms with van der Waals surface area (Å²) < 4.78 is 1.69. The van der Waals surface area contributed by atoms with E-state index in [-0.39, 0.29) is 11.6 Å². The molecular weight excluding hydrogens is 260 g/mol. The van der Waals surface area contributed by atoms with Gasteiger partial charge in [-0.05, 0) is 18.4 Å². The molecule has 1 heterocycles. The van der Waals surface area contributed by atoms with E-state index < -0.39 is 0 Å². The van der Waals surface area contributed by atoms with E-state index >= 15 is 0 Å². The summed E-state index contributed by atoms with van der Waals surface area (Å²) in [5.41, 5.74) is 2.85. The summed E-state index contributed by atoms with van der Waals surface area (Å²) in [4.78, 5) is 17.3. The summed E-state index contributed by atoms with van der Waals surface area (Å²) in [6.07, 6.45) is 5.95. The van der Waals surface area contributed by atoms with Crippen LogP contribution in [0.2, 0.25) is 0 Å². The standard InChI is InChI=1S/C18H22N2O/c1-4-10-15-16(5-2)19-13-20(18(15)21)17(6-3)14-11-8-7-9-12-14/h6-9,11-13,17H,3-5,10H2,1-2H3. The molecule has 3 heteroatoms. The van der Waals surface area contributed by atoms with Gasteiger partial charge in [-0.15, -0.1) is 6.58 Å². The third-order valence-electron chi connectivity index (χ3n) is 3.68. The molecule has 0 saturated heterocycles. The van der Waals surface area contributed by atoms with Gasteiger partial charge in [0.1, 0.15) is 0 Å². The van der Waals surface area contributed by atoms with Gasteiger partial charge >= 0.3 is 0 Å². The van der Waals surface area contributed by atoms with E-state index in [4.69, 9.17) is 0 Å². The lowest BCUT2D eigenvalue weighted by atomic mass is 10.0. The Kier molecular flexibility index (Phi) is 5.09. The van der Waals surface area contributed by atoms with Gasteiger partial charge in [-0.3, -0.25) is 9.36 Å². The van der Waals surface area contributed by atoms with Crippen LogP contribution >= 0.6 is 0 Å². The van der Waals surface area contributed by atoms with Gasteiger partial charge in [0.25, 0.3) is 5.56 Å². The highest BCUT2D eigenvalue weighted by molar-refractivity contribution is 5.25. The molecule has 3 nitrogen and oxygen atoms in total. The summed E-state index contributed by atoms with van der Waals surface area (Å²) in [6.45, 7) is 8.00. The van der Waals surface area contributed by atoms with Crippen molar-refractivity contribution < 1.29 is 0 Å². The van der Waals surface area contributed by atoms with Crippen LogP contribution in [0.3, 0.4) is 0 Å². The van der Waals surface area contributed by atoms with E-state index in [2.05, 4.69) is 18.5 Å². The molecule has 0 saturated carbocycles. The lowest BCUT2D eigenvalue weighted by Gasteiger charge is -2.18. The molecule has 1 atom stereocenters. The van der Waals surface area contributed by atoms with E-state index in [0.29, 0.717) is 0 Å². The Morgan fingerprint density at radius 2 is 2.00 bits per heavy atom. The van der Waals surface area contributed by atoms with Gasteiger partial charge in [0.05, 0.1) is 18.1 Å². The van der Waals surface area contributed by atoms with Gasteiger partial charge in [-0.25, -0.2) is 4.98 Å². The molecule has 1 unspecified atom stereocenters. The van der Waals surface area contributed by atoms with Crippen molar-refractivity contribution in [2.45, 2.75) is 39.2 Å². The quantitative estimate of drug-likeness (QED) is 0.760. The second kappa shape index (κ2) is 7.02. The third kappa shape index (κ3) is 3.13. The molecule has 0 spiro atoms. The van der Waals surface area contributed by atoms with Crippen molar-refractivity contribution in [3.8, 4) is 0 Å². The fourth-order valence-electron chi connectivity index (χ4n) is 2.61. The Bertz CT molecular complexity index is 659. The van der Waals surface area contributed by atoms with Gasteiger partial charge in [0.15, 0.2) is 0 Å². The molecule has 0 aliphatic heterocycles. The molecule has 1 aromatic heterocycles. The minimum absolute atomic E-state index is 0.0532. The van der Waals surface area contributed by atoms with Crippen molar-refractivity contribution in [1.82, 2.24) is 9.55 Å². The average molecular weight is 282 g/mol. The fourth-order valence-corrected chi connectivity index (χ4v) is 2.61. The minimum Gasteiger partial charge on any atom is -0.288 e. The SMILES string of the molecule is C=CC(c1ccccc1)n1cnc(CC)c(CCC)c1=O. The van der Waals surface area contributed by atoms with E-state index in [1.165, 1.54) is 0 Å². The summed E-state index contributed by atoms with van der Waals surface area (Å²) >= 11 is 0. The molecule has 1 aromatic carbocycles. The van der Waals surface area contributed by atoms with Crippen LogP contribution in [-0.2, 0) is 12.8 Å². The molecule has 0 amide bonds. The van der Waals surface area contributed by atoms with Gasteiger partial charge in [0.2, 0.25) is 0 Å². The van der Waals surface area contributed by atoms with Crippen LogP contribution in [0.25, 0.3) is 0 Å². The Balaban J connectivity index is 2.55. The number of hydrogen-bond donors (Lipinski definition) is 0. The van der Waals surface area contributed by atoms with E-state index in [9.17, 15) is 4.79 Å². The molecule has 2 rings (SSSR count). The van der Waals surface area contributed by atoms with Gasteiger partial charge in [-0.2, -0.15) is 0 Å². The van der Waals surface area contributed by atoms with Crippen molar-refractivity contribution in [2.75, 3.05) is 0 Å². The second-order valence-electron chi connectivity index (χ2n) is 5.08. The highest BCUT2D eigenvalue weighted by atomic mass is 16.1. The topological polar surface area (TPSA) is 34.9 Å². The Hall–Kier alpha value is -2.16. The first-order valence-electron chi connectivity index (χ1n) is 7.49. The summed E-state index contributed by atoms with van der Waals surface area (Å²) in [7, 11) is 0. The maximum Gasteiger partial charge on any atom is 0.257 e. The maximum atomic E-state index is 12.8. The van der Waals surface area contributed by atoms with Crippen LogP contribution in [0.15, 0.2) is 54.1 Å².